The third kappa shape index (κ3) is 6.21. The van der Waals surface area contributed by atoms with E-state index < -0.39 is 0 Å². The van der Waals surface area contributed by atoms with Gasteiger partial charge in [-0.2, -0.15) is 5.10 Å². The molecule has 2 fully saturated rings. The van der Waals surface area contributed by atoms with Crippen molar-refractivity contribution >= 4 is 34.9 Å². The number of hydrogen-bond donors (Lipinski definition) is 3. The first kappa shape index (κ1) is 27.8. The summed E-state index contributed by atoms with van der Waals surface area (Å²) in [6.07, 6.45) is 6.81. The molecular weight excluding hydrogens is 520 g/mol. The van der Waals surface area contributed by atoms with Gasteiger partial charge in [0.05, 0.1) is 24.7 Å². The molecule has 10 nitrogen and oxygen atoms in total. The van der Waals surface area contributed by atoms with Gasteiger partial charge in [-0.05, 0) is 77.4 Å². The number of nitrogens with zero attached hydrogens (tertiary/aromatic N) is 4. The van der Waals surface area contributed by atoms with Crippen molar-refractivity contribution in [2.45, 2.75) is 39.8 Å². The van der Waals surface area contributed by atoms with Crippen molar-refractivity contribution in [3.05, 3.63) is 88.4 Å². The minimum absolute atomic E-state index is 0.169. The van der Waals surface area contributed by atoms with Crippen LogP contribution in [0.1, 0.15) is 44.6 Å². The summed E-state index contributed by atoms with van der Waals surface area (Å²) in [5, 5.41) is 16.3. The van der Waals surface area contributed by atoms with Gasteiger partial charge in [0.1, 0.15) is 5.82 Å². The number of pyridine rings is 1. The fourth-order valence-electron chi connectivity index (χ4n) is 5.68. The molecule has 0 spiro atoms. The highest BCUT2D eigenvalue weighted by Gasteiger charge is 2.46. The molecule has 3 heterocycles. The topological polar surface area (TPSA) is 143 Å². The lowest BCUT2D eigenvalue weighted by Gasteiger charge is -2.17. The van der Waals surface area contributed by atoms with E-state index in [1.165, 1.54) is 6.42 Å². The molecule has 2 amide bonds. The summed E-state index contributed by atoms with van der Waals surface area (Å²) in [4.78, 5) is 40.0. The Kier molecular flexibility index (Phi) is 8.00. The number of aromatic nitrogens is 3. The van der Waals surface area contributed by atoms with Crippen molar-refractivity contribution in [2.24, 2.45) is 11.8 Å². The Bertz CT molecular complexity index is 1590. The maximum atomic E-state index is 12.9. The lowest BCUT2D eigenvalue weighted by atomic mass is 9.96. The van der Waals surface area contributed by atoms with Gasteiger partial charge in [0, 0.05) is 37.4 Å². The van der Waals surface area contributed by atoms with Crippen molar-refractivity contribution in [1.82, 2.24) is 25.0 Å². The van der Waals surface area contributed by atoms with Gasteiger partial charge in [0.25, 0.3) is 12.4 Å². The number of amides is 2. The Morgan fingerprint density at radius 1 is 1.10 bits per heavy atom. The van der Waals surface area contributed by atoms with Gasteiger partial charge >= 0.3 is 0 Å². The molecule has 4 N–H and O–H groups in total. The third-order valence-electron chi connectivity index (χ3n) is 8.09. The van der Waals surface area contributed by atoms with Gasteiger partial charge in [-0.15, -0.1) is 0 Å². The number of anilines is 1. The standard InChI is InChI=1S/C30H32N6O2.CH2O2/c1-18-9-26-25(7-8-32-29(26)31)19(2)27(18)13-33-30(38)24-12-34-36(17-24)14-21-5-3-20(4-6-21)10-28(37)35-15-22-11-23(22)16-35;2-1-3/h3-9,12,17,22-23H,10-11,13-16H2,1-2H3,(H2,31,32)(H,33,38);1H,(H,2,3). The fourth-order valence-corrected chi connectivity index (χ4v) is 5.68. The second-order valence-corrected chi connectivity index (χ2v) is 10.9. The number of nitrogen functional groups attached to an aromatic ring is 1. The highest BCUT2D eigenvalue weighted by molar-refractivity contribution is 5.95. The maximum absolute atomic E-state index is 12.9. The lowest BCUT2D eigenvalue weighted by molar-refractivity contribution is -0.130. The van der Waals surface area contributed by atoms with Crippen LogP contribution in [-0.2, 0) is 29.1 Å². The second kappa shape index (κ2) is 11.8. The Morgan fingerprint density at radius 2 is 1.78 bits per heavy atom. The predicted octanol–water partition coefficient (Wildman–Crippen LogP) is 3.33. The van der Waals surface area contributed by atoms with E-state index >= 15 is 0 Å². The van der Waals surface area contributed by atoms with Crippen molar-refractivity contribution in [1.29, 1.82) is 0 Å². The lowest BCUT2D eigenvalue weighted by Crippen LogP contribution is -2.31. The van der Waals surface area contributed by atoms with E-state index in [-0.39, 0.29) is 18.3 Å². The highest BCUT2D eigenvalue weighted by Crippen LogP contribution is 2.44. The van der Waals surface area contributed by atoms with E-state index in [1.807, 2.05) is 55.1 Å². The van der Waals surface area contributed by atoms with Crippen molar-refractivity contribution < 1.29 is 19.5 Å². The van der Waals surface area contributed by atoms with Crippen LogP contribution >= 0.6 is 0 Å². The van der Waals surface area contributed by atoms with Crippen molar-refractivity contribution in [2.75, 3.05) is 18.8 Å². The summed E-state index contributed by atoms with van der Waals surface area (Å²) in [6, 6.07) is 12.1. The van der Waals surface area contributed by atoms with E-state index in [0.717, 1.165) is 63.5 Å². The van der Waals surface area contributed by atoms with Gasteiger partial charge in [-0.3, -0.25) is 19.1 Å². The van der Waals surface area contributed by atoms with Crippen LogP contribution < -0.4 is 11.1 Å². The molecule has 1 aliphatic carbocycles. The molecule has 1 saturated carbocycles. The Morgan fingerprint density at radius 3 is 2.49 bits per heavy atom. The predicted molar refractivity (Wildman–Crippen MR) is 155 cm³/mol. The first-order valence-corrected chi connectivity index (χ1v) is 13.6. The van der Waals surface area contributed by atoms with Crippen LogP contribution in [0.25, 0.3) is 10.8 Å². The SMILES string of the molecule is Cc1cc2c(N)nccc2c(C)c1CNC(=O)c1cnn(Cc2ccc(CC(=O)N3CC4CC4C3)cc2)c1.O=CO. The van der Waals surface area contributed by atoms with Crippen molar-refractivity contribution in [3.63, 3.8) is 0 Å². The summed E-state index contributed by atoms with van der Waals surface area (Å²) in [7, 11) is 0. The molecule has 2 atom stereocenters. The third-order valence-corrected chi connectivity index (χ3v) is 8.09. The summed E-state index contributed by atoms with van der Waals surface area (Å²) in [5.74, 6) is 2.08. The number of rotatable bonds is 7. The van der Waals surface area contributed by atoms with Gasteiger partial charge in [-0.1, -0.05) is 24.3 Å². The number of piperidine rings is 1. The Hall–Kier alpha value is -4.73. The van der Waals surface area contributed by atoms with Crippen LogP contribution in [0.4, 0.5) is 5.82 Å². The van der Waals surface area contributed by atoms with Gasteiger partial charge in [0.15, 0.2) is 0 Å². The molecule has 6 rings (SSSR count). The van der Waals surface area contributed by atoms with E-state index in [9.17, 15) is 9.59 Å². The average Bonchev–Trinajstić information content (AvgIpc) is 3.30. The summed E-state index contributed by atoms with van der Waals surface area (Å²) in [5.41, 5.74) is 11.9. The van der Waals surface area contributed by atoms with Crippen LogP contribution in [0.2, 0.25) is 0 Å². The van der Waals surface area contributed by atoms with Crippen LogP contribution in [0.15, 0.2) is 55.0 Å². The number of nitrogens with one attached hydrogen (secondary N) is 1. The van der Waals surface area contributed by atoms with Crippen LogP contribution in [0.3, 0.4) is 0 Å². The van der Waals surface area contributed by atoms with Gasteiger partial charge < -0.3 is 21.1 Å². The number of aryl methyl sites for hydroxylation is 2. The first-order chi connectivity index (χ1) is 19.8. The van der Waals surface area contributed by atoms with E-state index in [4.69, 9.17) is 15.6 Å². The molecule has 10 heteroatoms. The Balaban J connectivity index is 0.00000108. The zero-order chi connectivity index (χ0) is 29.1. The van der Waals surface area contributed by atoms with E-state index in [1.54, 1.807) is 23.3 Å². The van der Waals surface area contributed by atoms with Gasteiger partial charge in [-0.25, -0.2) is 4.98 Å². The molecule has 1 aliphatic heterocycles. The average molecular weight is 555 g/mol. The molecule has 4 aromatic rings. The highest BCUT2D eigenvalue weighted by atomic mass is 16.3. The Labute approximate surface area is 238 Å². The molecule has 2 aromatic carbocycles. The molecule has 41 heavy (non-hydrogen) atoms. The molecule has 0 bridgehead atoms. The fraction of sp³-hybridized carbons (Fsp3) is 0.323. The number of carbonyl (C=O) groups is 3. The number of likely N-dealkylation sites (tertiary alicyclic amines) is 1. The molecule has 0 radical (unpaired) electrons. The minimum Gasteiger partial charge on any atom is -0.483 e. The number of carboxylic acid groups (broad SMARTS) is 1. The zero-order valence-corrected chi connectivity index (χ0v) is 23.2. The number of fused-ring (bicyclic) bond motifs is 2. The first-order valence-electron chi connectivity index (χ1n) is 13.6. The van der Waals surface area contributed by atoms with Crippen LogP contribution in [-0.4, -0.2) is 56.1 Å². The number of benzene rings is 2. The minimum atomic E-state index is -0.250. The summed E-state index contributed by atoms with van der Waals surface area (Å²) < 4.78 is 1.76. The number of hydrogen-bond acceptors (Lipinski definition) is 6. The molecule has 2 unspecified atom stereocenters. The van der Waals surface area contributed by atoms with Crippen LogP contribution in [0.5, 0.6) is 0 Å². The number of nitrogens with two attached hydrogens (primary N) is 1. The smallest absolute Gasteiger partial charge is 0.290 e. The molecule has 2 aliphatic rings. The van der Waals surface area contributed by atoms with Crippen molar-refractivity contribution in [3.8, 4) is 0 Å². The van der Waals surface area contributed by atoms with Crippen LogP contribution in [0, 0.1) is 25.7 Å². The van der Waals surface area contributed by atoms with E-state index in [0.29, 0.717) is 30.9 Å². The summed E-state index contributed by atoms with van der Waals surface area (Å²) >= 11 is 0. The van der Waals surface area contributed by atoms with E-state index in [2.05, 4.69) is 15.4 Å². The normalized spacial score (nSPS) is 17.0. The molecule has 1 saturated heterocycles. The second-order valence-electron chi connectivity index (χ2n) is 10.9. The number of carbonyl (C=O) groups excluding carboxylic acids is 2. The maximum Gasteiger partial charge on any atom is 0.290 e. The zero-order valence-electron chi connectivity index (χ0n) is 23.2. The molecular formula is C31H34N6O4. The molecule has 212 valence electrons. The molecule has 2 aromatic heterocycles. The van der Waals surface area contributed by atoms with Gasteiger partial charge in [0.2, 0.25) is 5.91 Å². The summed E-state index contributed by atoms with van der Waals surface area (Å²) in [6.45, 7) is 6.66. The largest absolute Gasteiger partial charge is 0.483 e. The monoisotopic (exact) mass is 554 g/mol. The quantitative estimate of drug-likeness (QED) is 0.297.